The molecule has 2 nitrogen and oxygen atoms in total. The summed E-state index contributed by atoms with van der Waals surface area (Å²) in [4.78, 5) is 14.3. The molecule has 0 aliphatic heterocycles. The molecule has 0 saturated heterocycles. The fraction of sp³-hybridized carbons (Fsp3) is 0.417. The van der Waals surface area contributed by atoms with E-state index in [1.54, 1.807) is 0 Å². The zero-order chi connectivity index (χ0) is 13.0. The molecule has 0 aromatic heterocycles. The lowest BCUT2D eigenvalue weighted by Gasteiger charge is -2.26. The van der Waals surface area contributed by atoms with Gasteiger partial charge in [0, 0.05) is 26.9 Å². The van der Waals surface area contributed by atoms with Crippen LogP contribution in [-0.2, 0) is 0 Å². The molecule has 1 aromatic rings. The van der Waals surface area contributed by atoms with Crippen molar-refractivity contribution in [1.29, 1.82) is 0 Å². The topological polar surface area (TPSA) is 20.3 Å². The molecular formula is C12H14Br3NO. The van der Waals surface area contributed by atoms with Crippen LogP contribution in [0, 0.1) is 0 Å². The maximum absolute atomic E-state index is 12.4. The van der Waals surface area contributed by atoms with Crippen molar-refractivity contribution in [1.82, 2.24) is 4.90 Å². The van der Waals surface area contributed by atoms with Crippen LogP contribution in [0.1, 0.15) is 24.2 Å². The Morgan fingerprint density at radius 1 is 1.35 bits per heavy atom. The number of hydrogen-bond donors (Lipinski definition) is 0. The first-order chi connectivity index (χ1) is 7.97. The summed E-state index contributed by atoms with van der Waals surface area (Å²) in [5, 5.41) is 0.780. The van der Waals surface area contributed by atoms with Crippen LogP contribution in [0.3, 0.4) is 0 Å². The lowest BCUT2D eigenvalue weighted by molar-refractivity contribution is 0.0718. The number of carbonyl (C=O) groups is 1. The van der Waals surface area contributed by atoms with E-state index in [0.717, 1.165) is 14.3 Å². The van der Waals surface area contributed by atoms with E-state index in [9.17, 15) is 4.79 Å². The normalized spacial score (nSPS) is 10.7. The molecule has 0 aliphatic rings. The van der Waals surface area contributed by atoms with Gasteiger partial charge in [0.25, 0.3) is 5.91 Å². The fourth-order valence-corrected chi connectivity index (χ4v) is 2.66. The monoisotopic (exact) mass is 425 g/mol. The molecular weight excluding hydrogens is 414 g/mol. The summed E-state index contributed by atoms with van der Waals surface area (Å²) in [7, 11) is 0. The number of carbonyl (C=O) groups excluding carboxylic acids is 1. The zero-order valence-corrected chi connectivity index (χ0v) is 14.5. The smallest absolute Gasteiger partial charge is 0.255 e. The Hall–Kier alpha value is 0.130. The molecule has 0 aliphatic carbocycles. The number of rotatable bonds is 4. The molecule has 5 heteroatoms. The largest absolute Gasteiger partial charge is 0.335 e. The average Bonchev–Trinajstić information content (AvgIpc) is 2.28. The zero-order valence-electron chi connectivity index (χ0n) is 9.71. The predicted octanol–water partition coefficient (Wildman–Crippen LogP) is 4.46. The summed E-state index contributed by atoms with van der Waals surface area (Å²) in [6.07, 6.45) is 0. The molecule has 0 N–H and O–H groups in total. The number of hydrogen-bond acceptors (Lipinski definition) is 1. The van der Waals surface area contributed by atoms with E-state index in [-0.39, 0.29) is 11.9 Å². The van der Waals surface area contributed by atoms with Crippen molar-refractivity contribution in [3.8, 4) is 0 Å². The summed E-state index contributed by atoms with van der Waals surface area (Å²) in [5.41, 5.74) is 0.689. The Kier molecular flexibility index (Phi) is 6.17. The molecule has 0 radical (unpaired) electrons. The maximum atomic E-state index is 12.4. The summed E-state index contributed by atoms with van der Waals surface area (Å²) >= 11 is 10.2. The average molecular weight is 428 g/mol. The minimum Gasteiger partial charge on any atom is -0.335 e. The standard InChI is InChI=1S/C12H14Br3NO/c1-8(2)16(6-5-13)12(17)10-7-9(14)3-4-11(10)15/h3-4,7-8H,5-6H2,1-2H3. The van der Waals surface area contributed by atoms with Crippen molar-refractivity contribution in [3.05, 3.63) is 32.7 Å². The summed E-state index contributed by atoms with van der Waals surface area (Å²) < 4.78 is 1.73. The van der Waals surface area contributed by atoms with Gasteiger partial charge in [0.15, 0.2) is 0 Å². The van der Waals surface area contributed by atoms with Crippen LogP contribution in [0.4, 0.5) is 0 Å². The molecule has 1 rings (SSSR count). The van der Waals surface area contributed by atoms with E-state index in [1.165, 1.54) is 0 Å². The van der Waals surface area contributed by atoms with Gasteiger partial charge in [0.2, 0.25) is 0 Å². The van der Waals surface area contributed by atoms with Crippen molar-refractivity contribution in [2.75, 3.05) is 11.9 Å². The molecule has 0 heterocycles. The Bertz CT molecular complexity index is 407. The predicted molar refractivity (Wildman–Crippen MR) is 81.8 cm³/mol. The van der Waals surface area contributed by atoms with Gasteiger partial charge in [-0.1, -0.05) is 31.9 Å². The van der Waals surface area contributed by atoms with Gasteiger partial charge in [-0.15, -0.1) is 0 Å². The van der Waals surface area contributed by atoms with E-state index in [2.05, 4.69) is 47.8 Å². The van der Waals surface area contributed by atoms with Crippen LogP contribution in [0.2, 0.25) is 0 Å². The highest BCUT2D eigenvalue weighted by molar-refractivity contribution is 9.11. The summed E-state index contributed by atoms with van der Waals surface area (Å²) in [6.45, 7) is 4.74. The van der Waals surface area contributed by atoms with Crippen LogP contribution in [0.15, 0.2) is 27.1 Å². The number of nitrogens with zero attached hydrogens (tertiary/aromatic N) is 1. The molecule has 17 heavy (non-hydrogen) atoms. The molecule has 0 bridgehead atoms. The van der Waals surface area contributed by atoms with Gasteiger partial charge in [-0.25, -0.2) is 0 Å². The van der Waals surface area contributed by atoms with Gasteiger partial charge in [-0.3, -0.25) is 4.79 Å². The quantitative estimate of drug-likeness (QED) is 0.650. The van der Waals surface area contributed by atoms with E-state index in [1.807, 2.05) is 36.9 Å². The third-order valence-corrected chi connectivity index (χ3v) is 3.91. The van der Waals surface area contributed by atoms with E-state index < -0.39 is 0 Å². The lowest BCUT2D eigenvalue weighted by Crippen LogP contribution is -2.38. The summed E-state index contributed by atoms with van der Waals surface area (Å²) in [6, 6.07) is 5.82. The molecule has 0 saturated carbocycles. The van der Waals surface area contributed by atoms with Gasteiger partial charge in [-0.2, -0.15) is 0 Å². The Morgan fingerprint density at radius 2 is 2.00 bits per heavy atom. The number of benzene rings is 1. The molecule has 94 valence electrons. The van der Waals surface area contributed by atoms with Crippen molar-refractivity contribution in [3.63, 3.8) is 0 Å². The molecule has 0 unspecified atom stereocenters. The molecule has 0 spiro atoms. The van der Waals surface area contributed by atoms with Gasteiger partial charge >= 0.3 is 0 Å². The first kappa shape index (κ1) is 15.2. The second kappa shape index (κ2) is 6.90. The van der Waals surface area contributed by atoms with E-state index in [4.69, 9.17) is 0 Å². The Labute approximate surface area is 127 Å². The number of alkyl halides is 1. The van der Waals surface area contributed by atoms with E-state index >= 15 is 0 Å². The lowest BCUT2D eigenvalue weighted by atomic mass is 10.1. The van der Waals surface area contributed by atoms with Crippen molar-refractivity contribution in [2.45, 2.75) is 19.9 Å². The highest BCUT2D eigenvalue weighted by atomic mass is 79.9. The van der Waals surface area contributed by atoms with Crippen LogP contribution in [0.5, 0.6) is 0 Å². The highest BCUT2D eigenvalue weighted by Gasteiger charge is 2.20. The van der Waals surface area contributed by atoms with Gasteiger partial charge in [0.1, 0.15) is 0 Å². The van der Waals surface area contributed by atoms with Gasteiger partial charge < -0.3 is 4.90 Å². The maximum Gasteiger partial charge on any atom is 0.255 e. The van der Waals surface area contributed by atoms with Crippen molar-refractivity contribution >= 4 is 53.7 Å². The van der Waals surface area contributed by atoms with E-state index in [0.29, 0.717) is 12.1 Å². The van der Waals surface area contributed by atoms with Crippen LogP contribution in [-0.4, -0.2) is 28.7 Å². The second-order valence-electron chi connectivity index (χ2n) is 3.91. The van der Waals surface area contributed by atoms with Crippen LogP contribution >= 0.6 is 47.8 Å². The first-order valence-electron chi connectivity index (χ1n) is 5.29. The third kappa shape index (κ3) is 4.07. The molecule has 1 amide bonds. The highest BCUT2D eigenvalue weighted by Crippen LogP contribution is 2.23. The number of halogens is 3. The SMILES string of the molecule is CC(C)N(CCBr)C(=O)c1cc(Br)ccc1Br. The fourth-order valence-electron chi connectivity index (χ4n) is 1.50. The third-order valence-electron chi connectivity index (χ3n) is 2.37. The van der Waals surface area contributed by atoms with Crippen molar-refractivity contribution < 1.29 is 4.79 Å². The van der Waals surface area contributed by atoms with Crippen LogP contribution < -0.4 is 0 Å². The minimum atomic E-state index is 0.0487. The summed E-state index contributed by atoms with van der Waals surface area (Å²) in [5.74, 6) is 0.0487. The van der Waals surface area contributed by atoms with Crippen molar-refractivity contribution in [2.24, 2.45) is 0 Å². The van der Waals surface area contributed by atoms with Crippen LogP contribution in [0.25, 0.3) is 0 Å². The minimum absolute atomic E-state index is 0.0487. The second-order valence-corrected chi connectivity index (χ2v) is 6.47. The molecule has 1 aromatic carbocycles. The first-order valence-corrected chi connectivity index (χ1v) is 8.00. The Morgan fingerprint density at radius 3 is 2.53 bits per heavy atom. The van der Waals surface area contributed by atoms with Gasteiger partial charge in [0.05, 0.1) is 5.56 Å². The van der Waals surface area contributed by atoms with Gasteiger partial charge in [-0.05, 0) is 48.0 Å². The molecule has 0 fully saturated rings. The number of amides is 1. The molecule has 0 atom stereocenters. The Balaban J connectivity index is 3.04.